The highest BCUT2D eigenvalue weighted by Gasteiger charge is 2.23. The topological polar surface area (TPSA) is 46.3 Å². The van der Waals surface area contributed by atoms with Crippen LogP contribution in [0.4, 0.5) is 0 Å². The first kappa shape index (κ1) is 13.1. The fourth-order valence-electron chi connectivity index (χ4n) is 2.62. The zero-order valence-electron chi connectivity index (χ0n) is 10.8. The maximum Gasteiger partial charge on any atom is 0.227 e. The minimum absolute atomic E-state index is 0.221. The van der Waals surface area contributed by atoms with Crippen molar-refractivity contribution in [1.29, 1.82) is 0 Å². The van der Waals surface area contributed by atoms with Crippen LogP contribution in [0.1, 0.15) is 31.2 Å². The van der Waals surface area contributed by atoms with Crippen LogP contribution in [-0.4, -0.2) is 29.9 Å². The van der Waals surface area contributed by atoms with Crippen LogP contribution in [0.25, 0.3) is 0 Å². The molecular formula is C15H22N2O. The molecule has 0 saturated carbocycles. The molecule has 0 radical (unpaired) electrons. The van der Waals surface area contributed by atoms with Crippen molar-refractivity contribution in [3.63, 3.8) is 0 Å². The quantitative estimate of drug-likeness (QED) is 0.886. The predicted octanol–water partition coefficient (Wildman–Crippen LogP) is 1.96. The Kier molecular flexibility index (Phi) is 4.76. The first-order chi connectivity index (χ1) is 8.81. The lowest BCUT2D eigenvalue weighted by Crippen LogP contribution is -2.44. The number of amides is 1. The third-order valence-corrected chi connectivity index (χ3v) is 3.67. The smallest absolute Gasteiger partial charge is 0.227 e. The molecule has 1 aromatic rings. The van der Waals surface area contributed by atoms with Gasteiger partial charge in [-0.2, -0.15) is 0 Å². The third kappa shape index (κ3) is 3.33. The van der Waals surface area contributed by atoms with Crippen molar-refractivity contribution in [2.24, 2.45) is 5.73 Å². The van der Waals surface area contributed by atoms with Gasteiger partial charge in [-0.25, -0.2) is 0 Å². The second kappa shape index (κ2) is 6.55. The van der Waals surface area contributed by atoms with E-state index in [4.69, 9.17) is 5.73 Å². The largest absolute Gasteiger partial charge is 0.338 e. The first-order valence-corrected chi connectivity index (χ1v) is 6.84. The van der Waals surface area contributed by atoms with Crippen LogP contribution in [0.15, 0.2) is 30.3 Å². The molecule has 3 heteroatoms. The van der Waals surface area contributed by atoms with Crippen molar-refractivity contribution in [2.75, 3.05) is 13.1 Å². The standard InChI is InChI=1S/C15H22N2O/c16-12-14-9-5-2-6-10-17(14)15(18)11-13-7-3-1-4-8-13/h1,3-4,7-8,14H,2,5-6,9-12,16H2. The summed E-state index contributed by atoms with van der Waals surface area (Å²) >= 11 is 0. The van der Waals surface area contributed by atoms with Gasteiger partial charge in [-0.15, -0.1) is 0 Å². The number of hydrogen-bond acceptors (Lipinski definition) is 2. The molecule has 0 aromatic heterocycles. The zero-order valence-corrected chi connectivity index (χ0v) is 10.8. The predicted molar refractivity (Wildman–Crippen MR) is 73.2 cm³/mol. The van der Waals surface area contributed by atoms with Crippen LogP contribution in [0.3, 0.4) is 0 Å². The van der Waals surface area contributed by atoms with E-state index in [0.717, 1.165) is 24.9 Å². The maximum atomic E-state index is 12.4. The summed E-state index contributed by atoms with van der Waals surface area (Å²) < 4.78 is 0. The normalized spacial score (nSPS) is 20.5. The number of nitrogens with zero attached hydrogens (tertiary/aromatic N) is 1. The van der Waals surface area contributed by atoms with Gasteiger partial charge in [0.15, 0.2) is 0 Å². The zero-order chi connectivity index (χ0) is 12.8. The molecule has 1 unspecified atom stereocenters. The van der Waals surface area contributed by atoms with Crippen molar-refractivity contribution < 1.29 is 4.79 Å². The summed E-state index contributed by atoms with van der Waals surface area (Å²) in [5, 5.41) is 0. The minimum atomic E-state index is 0.221. The van der Waals surface area contributed by atoms with Gasteiger partial charge in [0.2, 0.25) is 5.91 Å². The fourth-order valence-corrected chi connectivity index (χ4v) is 2.62. The summed E-state index contributed by atoms with van der Waals surface area (Å²) in [6, 6.07) is 10.2. The van der Waals surface area contributed by atoms with Crippen LogP contribution in [0.2, 0.25) is 0 Å². The van der Waals surface area contributed by atoms with E-state index in [-0.39, 0.29) is 11.9 Å². The van der Waals surface area contributed by atoms with Crippen molar-refractivity contribution >= 4 is 5.91 Å². The third-order valence-electron chi connectivity index (χ3n) is 3.67. The molecule has 1 aliphatic heterocycles. The van der Waals surface area contributed by atoms with Crippen LogP contribution >= 0.6 is 0 Å². The number of carbonyl (C=O) groups is 1. The number of likely N-dealkylation sites (tertiary alicyclic amines) is 1. The molecule has 0 aliphatic carbocycles. The Bertz CT molecular complexity index is 377. The van der Waals surface area contributed by atoms with Gasteiger partial charge in [0, 0.05) is 19.1 Å². The van der Waals surface area contributed by atoms with Crippen LogP contribution in [0.5, 0.6) is 0 Å². The Labute approximate surface area is 109 Å². The monoisotopic (exact) mass is 246 g/mol. The maximum absolute atomic E-state index is 12.4. The molecule has 2 rings (SSSR count). The first-order valence-electron chi connectivity index (χ1n) is 6.84. The highest BCUT2D eigenvalue weighted by Crippen LogP contribution is 2.17. The molecule has 1 amide bonds. The number of hydrogen-bond donors (Lipinski definition) is 1. The lowest BCUT2D eigenvalue weighted by atomic mass is 10.1. The molecule has 18 heavy (non-hydrogen) atoms. The number of benzene rings is 1. The summed E-state index contributed by atoms with van der Waals surface area (Å²) in [5.74, 6) is 0.221. The number of rotatable bonds is 3. The summed E-state index contributed by atoms with van der Waals surface area (Å²) in [7, 11) is 0. The molecule has 98 valence electrons. The second-order valence-electron chi connectivity index (χ2n) is 4.99. The molecule has 2 N–H and O–H groups in total. The summed E-state index contributed by atoms with van der Waals surface area (Å²) in [5.41, 5.74) is 6.89. The van der Waals surface area contributed by atoms with Crippen LogP contribution < -0.4 is 5.73 Å². The van der Waals surface area contributed by atoms with Crippen LogP contribution in [0, 0.1) is 0 Å². The summed E-state index contributed by atoms with van der Waals surface area (Å²) in [4.78, 5) is 14.4. The molecule has 1 aliphatic rings. The van der Waals surface area contributed by atoms with E-state index < -0.39 is 0 Å². The molecule has 3 nitrogen and oxygen atoms in total. The Hall–Kier alpha value is -1.35. The van der Waals surface area contributed by atoms with E-state index in [1.165, 1.54) is 12.8 Å². The van der Waals surface area contributed by atoms with Gasteiger partial charge in [-0.1, -0.05) is 43.2 Å². The Morgan fingerprint density at radius 1 is 1.22 bits per heavy atom. The molecule has 1 saturated heterocycles. The Balaban J connectivity index is 2.01. The molecule has 1 atom stereocenters. The van der Waals surface area contributed by atoms with Crippen molar-refractivity contribution in [3.8, 4) is 0 Å². The van der Waals surface area contributed by atoms with Crippen molar-refractivity contribution in [1.82, 2.24) is 4.90 Å². The second-order valence-corrected chi connectivity index (χ2v) is 4.99. The molecule has 0 spiro atoms. The molecule has 0 bridgehead atoms. The lowest BCUT2D eigenvalue weighted by Gasteiger charge is -2.29. The van der Waals surface area contributed by atoms with Crippen molar-refractivity contribution in [2.45, 2.75) is 38.1 Å². The van der Waals surface area contributed by atoms with E-state index in [1.54, 1.807) is 0 Å². The molecule has 1 heterocycles. The van der Waals surface area contributed by atoms with Gasteiger partial charge < -0.3 is 10.6 Å². The summed E-state index contributed by atoms with van der Waals surface area (Å²) in [6.07, 6.45) is 5.06. The van der Waals surface area contributed by atoms with E-state index in [9.17, 15) is 4.79 Å². The van der Waals surface area contributed by atoms with Gasteiger partial charge in [0.25, 0.3) is 0 Å². The Morgan fingerprint density at radius 3 is 2.72 bits per heavy atom. The van der Waals surface area contributed by atoms with Gasteiger partial charge in [-0.05, 0) is 18.4 Å². The van der Waals surface area contributed by atoms with E-state index in [2.05, 4.69) is 0 Å². The lowest BCUT2D eigenvalue weighted by molar-refractivity contribution is -0.132. The highest BCUT2D eigenvalue weighted by molar-refractivity contribution is 5.79. The number of nitrogens with two attached hydrogens (primary N) is 1. The average Bonchev–Trinajstić information content (AvgIpc) is 2.64. The van der Waals surface area contributed by atoms with Gasteiger partial charge in [-0.3, -0.25) is 4.79 Å². The molecular weight excluding hydrogens is 224 g/mol. The minimum Gasteiger partial charge on any atom is -0.338 e. The van der Waals surface area contributed by atoms with E-state index in [1.807, 2.05) is 35.2 Å². The van der Waals surface area contributed by atoms with E-state index >= 15 is 0 Å². The fraction of sp³-hybridized carbons (Fsp3) is 0.533. The highest BCUT2D eigenvalue weighted by atomic mass is 16.2. The van der Waals surface area contributed by atoms with Gasteiger partial charge in [0.05, 0.1) is 6.42 Å². The van der Waals surface area contributed by atoms with Gasteiger partial charge >= 0.3 is 0 Å². The number of carbonyl (C=O) groups excluding carboxylic acids is 1. The van der Waals surface area contributed by atoms with Crippen molar-refractivity contribution in [3.05, 3.63) is 35.9 Å². The van der Waals surface area contributed by atoms with Crippen LogP contribution in [-0.2, 0) is 11.2 Å². The van der Waals surface area contributed by atoms with E-state index in [0.29, 0.717) is 13.0 Å². The average molecular weight is 246 g/mol. The Morgan fingerprint density at radius 2 is 2.00 bits per heavy atom. The molecule has 1 fully saturated rings. The molecule has 1 aromatic carbocycles. The SMILES string of the molecule is NCC1CCCCCN1C(=O)Cc1ccccc1. The van der Waals surface area contributed by atoms with Gasteiger partial charge in [0.1, 0.15) is 0 Å². The summed E-state index contributed by atoms with van der Waals surface area (Å²) in [6.45, 7) is 1.45.